The Balaban J connectivity index is 1.31. The number of hydrogen-bond donors (Lipinski definition) is 0. The molecule has 4 aromatic rings. The van der Waals surface area contributed by atoms with Crippen LogP contribution in [0.3, 0.4) is 0 Å². The largest absolute Gasteiger partial charge is 0.464 e. The quantitative estimate of drug-likeness (QED) is 0.238. The number of pyridine rings is 1. The van der Waals surface area contributed by atoms with E-state index in [9.17, 15) is 14.4 Å². The third-order valence-corrected chi connectivity index (χ3v) is 9.07. The van der Waals surface area contributed by atoms with Crippen molar-refractivity contribution in [3.05, 3.63) is 74.3 Å². The van der Waals surface area contributed by atoms with Crippen LogP contribution in [0.5, 0.6) is 0 Å². The number of thiazole rings is 1. The van der Waals surface area contributed by atoms with Crippen LogP contribution in [0, 0.1) is 19.3 Å². The van der Waals surface area contributed by atoms with E-state index in [1.54, 1.807) is 58.9 Å². The molecular weight excluding hydrogens is 550 g/mol. The number of nitrogens with zero attached hydrogens (tertiary/aromatic N) is 5. The number of rotatable bonds is 10. The van der Waals surface area contributed by atoms with Crippen LogP contribution in [0.1, 0.15) is 49.0 Å². The number of furan rings is 1. The lowest BCUT2D eigenvalue weighted by atomic mass is 9.90. The second-order valence-electron chi connectivity index (χ2n) is 11.6. The van der Waals surface area contributed by atoms with Gasteiger partial charge in [-0.1, -0.05) is 6.07 Å². The van der Waals surface area contributed by atoms with Crippen molar-refractivity contribution in [1.29, 1.82) is 0 Å². The molecule has 42 heavy (non-hydrogen) atoms. The number of carbonyl (C=O) groups excluding carboxylic acids is 2. The molecule has 0 radical (unpaired) electrons. The van der Waals surface area contributed by atoms with Crippen LogP contribution in [0.4, 0.5) is 11.4 Å². The molecule has 0 bridgehead atoms. The molecule has 5 rings (SSSR count). The topological polar surface area (TPSA) is 91.9 Å². The fourth-order valence-electron chi connectivity index (χ4n) is 5.75. The van der Waals surface area contributed by atoms with Crippen molar-refractivity contribution in [3.8, 4) is 0 Å². The first-order chi connectivity index (χ1) is 20.0. The molecule has 1 aliphatic heterocycles. The van der Waals surface area contributed by atoms with Crippen LogP contribution < -0.4 is 15.4 Å². The van der Waals surface area contributed by atoms with Crippen LogP contribution in [-0.4, -0.2) is 52.9 Å². The maximum Gasteiger partial charge on any atom is 0.261 e. The highest BCUT2D eigenvalue weighted by Gasteiger charge is 2.45. The van der Waals surface area contributed by atoms with Crippen molar-refractivity contribution >= 4 is 45.5 Å². The number of fused-ring (bicyclic) bond motifs is 2. The summed E-state index contributed by atoms with van der Waals surface area (Å²) >= 11 is 1.65. The summed E-state index contributed by atoms with van der Waals surface area (Å²) in [4.78, 5) is 49.8. The number of benzene rings is 1. The van der Waals surface area contributed by atoms with Gasteiger partial charge in [0.15, 0.2) is 0 Å². The first-order valence-electron chi connectivity index (χ1n) is 14.4. The van der Waals surface area contributed by atoms with Gasteiger partial charge in [0.05, 0.1) is 29.6 Å². The molecule has 4 heterocycles. The Morgan fingerprint density at radius 1 is 1.05 bits per heavy atom. The molecule has 0 fully saturated rings. The van der Waals surface area contributed by atoms with Crippen molar-refractivity contribution in [2.24, 2.45) is 5.41 Å². The zero-order valence-corrected chi connectivity index (χ0v) is 26.1. The first-order valence-corrected chi connectivity index (χ1v) is 15.3. The Kier molecular flexibility index (Phi) is 8.39. The van der Waals surface area contributed by atoms with Gasteiger partial charge in [0.1, 0.15) is 16.0 Å². The van der Waals surface area contributed by atoms with Crippen molar-refractivity contribution in [2.75, 3.05) is 36.5 Å². The average molecular weight is 590 g/mol. The maximum atomic E-state index is 13.2. The molecule has 0 spiro atoms. The van der Waals surface area contributed by atoms with Gasteiger partial charge in [-0.05, 0) is 77.8 Å². The van der Waals surface area contributed by atoms with Crippen molar-refractivity contribution < 1.29 is 14.0 Å². The number of amides is 2. The summed E-state index contributed by atoms with van der Waals surface area (Å²) in [6, 6.07) is 7.80. The standard InChI is InChI=1S/C32H39N5O4S/c1-7-37-25-11-10-23(17-26(25)34(6)30(39)32(4,5)31(37)40)9-8-13-35(19-27-33-22(3)20-42-27)14-15-36-18-21(2)28-24(29(36)38)12-16-41-28/h10-12,16-18,20H,7-9,13-15,19H2,1-6H3. The summed E-state index contributed by atoms with van der Waals surface area (Å²) in [5.74, 6) is -0.381. The van der Waals surface area contributed by atoms with E-state index in [-0.39, 0.29) is 17.4 Å². The summed E-state index contributed by atoms with van der Waals surface area (Å²) in [6.45, 7) is 12.6. The number of anilines is 2. The molecule has 222 valence electrons. The third kappa shape index (κ3) is 5.65. The Hall–Kier alpha value is -3.76. The summed E-state index contributed by atoms with van der Waals surface area (Å²) in [7, 11) is 1.75. The number of aromatic nitrogens is 2. The van der Waals surface area contributed by atoms with Crippen LogP contribution in [-0.2, 0) is 29.1 Å². The minimum absolute atomic E-state index is 0.0409. The molecule has 0 unspecified atom stereocenters. The van der Waals surface area contributed by atoms with E-state index in [1.165, 1.54) is 0 Å². The zero-order valence-electron chi connectivity index (χ0n) is 25.3. The molecule has 0 aliphatic carbocycles. The van der Waals surface area contributed by atoms with E-state index in [0.717, 1.165) is 52.6 Å². The average Bonchev–Trinajstić information content (AvgIpc) is 3.62. The number of carbonyl (C=O) groups is 2. The molecule has 0 N–H and O–H groups in total. The smallest absolute Gasteiger partial charge is 0.261 e. The second kappa shape index (κ2) is 11.9. The maximum absolute atomic E-state index is 13.2. The predicted molar refractivity (Wildman–Crippen MR) is 167 cm³/mol. The van der Waals surface area contributed by atoms with Crippen molar-refractivity contribution in [3.63, 3.8) is 0 Å². The first kappa shape index (κ1) is 29.7. The lowest BCUT2D eigenvalue weighted by molar-refractivity contribution is -0.137. The van der Waals surface area contributed by atoms with Gasteiger partial charge < -0.3 is 18.8 Å². The monoisotopic (exact) mass is 589 g/mol. The molecule has 0 saturated carbocycles. The Morgan fingerprint density at radius 3 is 2.55 bits per heavy atom. The van der Waals surface area contributed by atoms with Gasteiger partial charge in [-0.25, -0.2) is 4.98 Å². The van der Waals surface area contributed by atoms with E-state index in [1.807, 2.05) is 39.1 Å². The van der Waals surface area contributed by atoms with E-state index >= 15 is 0 Å². The molecule has 3 aromatic heterocycles. The summed E-state index contributed by atoms with van der Waals surface area (Å²) < 4.78 is 7.27. The minimum Gasteiger partial charge on any atom is -0.464 e. The third-order valence-electron chi connectivity index (χ3n) is 8.11. The highest BCUT2D eigenvalue weighted by atomic mass is 32.1. The fraction of sp³-hybridized carbons (Fsp3) is 0.438. The number of aryl methyl sites for hydroxylation is 3. The lowest BCUT2D eigenvalue weighted by Crippen LogP contribution is -2.47. The van der Waals surface area contributed by atoms with Crippen LogP contribution >= 0.6 is 11.3 Å². The molecule has 9 nitrogen and oxygen atoms in total. The number of hydrogen-bond acceptors (Lipinski definition) is 7. The summed E-state index contributed by atoms with van der Waals surface area (Å²) in [5, 5.41) is 3.72. The molecule has 2 amide bonds. The van der Waals surface area contributed by atoms with Gasteiger partial charge in [0.25, 0.3) is 5.56 Å². The molecule has 1 aromatic carbocycles. The van der Waals surface area contributed by atoms with E-state index in [2.05, 4.69) is 21.3 Å². The Labute approximate surface area is 250 Å². The second-order valence-corrected chi connectivity index (χ2v) is 12.5. The highest BCUT2D eigenvalue weighted by Crippen LogP contribution is 2.39. The SMILES string of the molecule is CCN1C(=O)C(C)(C)C(=O)N(C)c2cc(CCCN(CCn3cc(C)c4occc4c3=O)Cc3nc(C)cs3)ccc21. The van der Waals surface area contributed by atoms with Crippen LogP contribution in [0.25, 0.3) is 11.0 Å². The van der Waals surface area contributed by atoms with Gasteiger partial charge in [-0.2, -0.15) is 0 Å². The van der Waals surface area contributed by atoms with Gasteiger partial charge in [0, 0.05) is 49.5 Å². The minimum atomic E-state index is -1.12. The van der Waals surface area contributed by atoms with Crippen molar-refractivity contribution in [2.45, 2.75) is 60.5 Å². The van der Waals surface area contributed by atoms with E-state index < -0.39 is 5.41 Å². The van der Waals surface area contributed by atoms with Gasteiger partial charge >= 0.3 is 0 Å². The summed E-state index contributed by atoms with van der Waals surface area (Å²) in [5.41, 5.74) is 4.07. The van der Waals surface area contributed by atoms with Gasteiger partial charge in [0.2, 0.25) is 11.8 Å². The summed E-state index contributed by atoms with van der Waals surface area (Å²) in [6.07, 6.45) is 5.14. The van der Waals surface area contributed by atoms with Gasteiger partial charge in [-0.15, -0.1) is 11.3 Å². The van der Waals surface area contributed by atoms with Crippen LogP contribution in [0.2, 0.25) is 0 Å². The van der Waals surface area contributed by atoms with E-state index in [0.29, 0.717) is 37.1 Å². The van der Waals surface area contributed by atoms with E-state index in [4.69, 9.17) is 4.42 Å². The normalized spacial score (nSPS) is 15.1. The van der Waals surface area contributed by atoms with Crippen LogP contribution in [0.15, 0.2) is 51.3 Å². The fourth-order valence-corrected chi connectivity index (χ4v) is 6.56. The van der Waals surface area contributed by atoms with Gasteiger partial charge in [-0.3, -0.25) is 19.3 Å². The Morgan fingerprint density at radius 2 is 1.83 bits per heavy atom. The molecule has 10 heteroatoms. The highest BCUT2D eigenvalue weighted by molar-refractivity contribution is 7.09. The molecular formula is C32H39N5O4S. The zero-order chi connectivity index (χ0) is 30.2. The lowest BCUT2D eigenvalue weighted by Gasteiger charge is -2.27. The molecule has 0 saturated heterocycles. The molecule has 1 aliphatic rings. The molecule has 0 atom stereocenters. The predicted octanol–water partition coefficient (Wildman–Crippen LogP) is 5.16. The Bertz CT molecular complexity index is 1680. The van der Waals surface area contributed by atoms with Crippen molar-refractivity contribution in [1.82, 2.24) is 14.5 Å².